The molecule has 2 heterocycles. The van der Waals surface area contributed by atoms with E-state index in [-0.39, 0.29) is 5.56 Å². The van der Waals surface area contributed by atoms with E-state index in [1.807, 2.05) is 40.0 Å². The number of rotatable bonds is 5. The first-order chi connectivity index (χ1) is 13.5. The standard InChI is InChI=1S/C15H13Cl2N5OS.2C2H6/c1-24-15-21-13(11(12(18)23)14-19-4-5-22(14)15)20-7-8-2-3-9(16)6-10(8)17;2*1-2/h2-6,20H,7H2,1H3,(H2,18,23);2*1-2H3. The van der Waals surface area contributed by atoms with Crippen LogP contribution in [0.25, 0.3) is 5.65 Å². The first-order valence-electron chi connectivity index (χ1n) is 8.90. The van der Waals surface area contributed by atoms with Gasteiger partial charge in [-0.1, -0.05) is 68.7 Å². The summed E-state index contributed by atoms with van der Waals surface area (Å²) in [6, 6.07) is 5.22. The quantitative estimate of drug-likeness (QED) is 0.401. The molecule has 152 valence electrons. The van der Waals surface area contributed by atoms with Crippen molar-refractivity contribution in [2.24, 2.45) is 5.73 Å². The molecule has 0 saturated heterocycles. The van der Waals surface area contributed by atoms with Crippen molar-refractivity contribution in [3.63, 3.8) is 0 Å². The van der Waals surface area contributed by atoms with E-state index in [2.05, 4.69) is 15.3 Å². The summed E-state index contributed by atoms with van der Waals surface area (Å²) in [5, 5.41) is 4.90. The summed E-state index contributed by atoms with van der Waals surface area (Å²) in [6.45, 7) is 8.37. The van der Waals surface area contributed by atoms with E-state index in [1.165, 1.54) is 11.8 Å². The molecule has 0 bridgehead atoms. The number of fused-ring (bicyclic) bond motifs is 1. The fourth-order valence-corrected chi connectivity index (χ4v) is 3.30. The molecule has 0 aliphatic heterocycles. The van der Waals surface area contributed by atoms with Crippen LogP contribution in [0.15, 0.2) is 35.7 Å². The number of nitrogens with one attached hydrogen (secondary N) is 1. The minimum Gasteiger partial charge on any atom is -0.365 e. The van der Waals surface area contributed by atoms with Crippen LogP contribution in [0.5, 0.6) is 0 Å². The summed E-state index contributed by atoms with van der Waals surface area (Å²) in [7, 11) is 0. The highest BCUT2D eigenvalue weighted by atomic mass is 35.5. The lowest BCUT2D eigenvalue weighted by Gasteiger charge is -2.13. The van der Waals surface area contributed by atoms with Crippen molar-refractivity contribution in [1.82, 2.24) is 14.4 Å². The van der Waals surface area contributed by atoms with Crippen LogP contribution in [0.4, 0.5) is 5.82 Å². The van der Waals surface area contributed by atoms with Gasteiger partial charge in [-0.05, 0) is 24.0 Å². The second-order valence-electron chi connectivity index (χ2n) is 4.90. The normalized spacial score (nSPS) is 9.82. The number of carbonyl (C=O) groups is 1. The van der Waals surface area contributed by atoms with Gasteiger partial charge < -0.3 is 11.1 Å². The van der Waals surface area contributed by atoms with Gasteiger partial charge in [0.05, 0.1) is 0 Å². The second-order valence-corrected chi connectivity index (χ2v) is 6.51. The molecule has 1 amide bonds. The van der Waals surface area contributed by atoms with Crippen molar-refractivity contribution in [1.29, 1.82) is 0 Å². The Morgan fingerprint density at radius 3 is 2.50 bits per heavy atom. The molecule has 1 aromatic carbocycles. The van der Waals surface area contributed by atoms with Crippen molar-refractivity contribution in [2.75, 3.05) is 11.6 Å². The number of nitrogens with zero attached hydrogens (tertiary/aromatic N) is 3. The zero-order chi connectivity index (χ0) is 21.3. The lowest BCUT2D eigenvalue weighted by atomic mass is 10.2. The van der Waals surface area contributed by atoms with Crippen LogP contribution in [-0.4, -0.2) is 26.5 Å². The molecule has 9 heteroatoms. The number of nitrogens with two attached hydrogens (primary N) is 1. The van der Waals surface area contributed by atoms with Gasteiger partial charge in [0.1, 0.15) is 11.4 Å². The first kappa shape index (κ1) is 24.1. The maximum atomic E-state index is 11.9. The summed E-state index contributed by atoms with van der Waals surface area (Å²) in [6.07, 6.45) is 5.23. The third kappa shape index (κ3) is 5.53. The van der Waals surface area contributed by atoms with E-state index in [1.54, 1.807) is 28.9 Å². The SMILES string of the molecule is CC.CC.CSc1nc(NCc2ccc(Cl)cc2Cl)c(C(N)=O)c2nccn12. The van der Waals surface area contributed by atoms with Crippen molar-refractivity contribution in [3.8, 4) is 0 Å². The summed E-state index contributed by atoms with van der Waals surface area (Å²) < 4.78 is 1.73. The van der Waals surface area contributed by atoms with Gasteiger partial charge in [-0.2, -0.15) is 0 Å². The van der Waals surface area contributed by atoms with Gasteiger partial charge in [-0.15, -0.1) is 0 Å². The van der Waals surface area contributed by atoms with Crippen LogP contribution in [-0.2, 0) is 6.54 Å². The molecule has 0 saturated carbocycles. The highest BCUT2D eigenvalue weighted by Crippen LogP contribution is 2.26. The molecule has 2 aromatic heterocycles. The van der Waals surface area contributed by atoms with Crippen molar-refractivity contribution < 1.29 is 4.79 Å². The van der Waals surface area contributed by atoms with Gasteiger partial charge in [-0.25, -0.2) is 9.97 Å². The molecule has 3 aromatic rings. The molecule has 6 nitrogen and oxygen atoms in total. The Labute approximate surface area is 179 Å². The molecule has 0 spiro atoms. The number of benzene rings is 1. The Morgan fingerprint density at radius 2 is 1.93 bits per heavy atom. The molecule has 3 N–H and O–H groups in total. The third-order valence-electron chi connectivity index (χ3n) is 3.41. The number of hydrogen-bond acceptors (Lipinski definition) is 5. The van der Waals surface area contributed by atoms with Crippen LogP contribution in [0.3, 0.4) is 0 Å². The Morgan fingerprint density at radius 1 is 1.25 bits per heavy atom. The van der Waals surface area contributed by atoms with Gasteiger partial charge in [0.2, 0.25) is 0 Å². The summed E-state index contributed by atoms with van der Waals surface area (Å²) in [5.74, 6) is -0.229. The van der Waals surface area contributed by atoms with Gasteiger partial charge in [-0.3, -0.25) is 9.20 Å². The fourth-order valence-electron chi connectivity index (χ4n) is 2.30. The summed E-state index contributed by atoms with van der Waals surface area (Å²) in [5.41, 5.74) is 7.06. The van der Waals surface area contributed by atoms with Crippen molar-refractivity contribution in [2.45, 2.75) is 39.4 Å². The Kier molecular flexibility index (Phi) is 10.1. The lowest BCUT2D eigenvalue weighted by molar-refractivity contribution is 0.100. The zero-order valence-corrected chi connectivity index (χ0v) is 18.9. The van der Waals surface area contributed by atoms with E-state index >= 15 is 0 Å². The fraction of sp³-hybridized carbons (Fsp3) is 0.316. The molecular formula is C19H25Cl2N5OS. The maximum Gasteiger partial charge on any atom is 0.256 e. The van der Waals surface area contributed by atoms with Crippen molar-refractivity contribution in [3.05, 3.63) is 51.8 Å². The van der Waals surface area contributed by atoms with Crippen LogP contribution in [0, 0.1) is 0 Å². The molecule has 0 aliphatic carbocycles. The van der Waals surface area contributed by atoms with Gasteiger partial charge >= 0.3 is 0 Å². The summed E-state index contributed by atoms with van der Waals surface area (Å²) in [4.78, 5) is 20.6. The molecule has 0 radical (unpaired) electrons. The molecule has 0 atom stereocenters. The molecule has 0 aliphatic rings. The predicted molar refractivity (Wildman–Crippen MR) is 120 cm³/mol. The van der Waals surface area contributed by atoms with E-state index in [0.717, 1.165) is 5.56 Å². The molecule has 3 rings (SSSR count). The Balaban J connectivity index is 0.000000921. The number of imidazole rings is 1. The predicted octanol–water partition coefficient (Wildman–Crippen LogP) is 5.52. The Bertz CT molecular complexity index is 930. The van der Waals surface area contributed by atoms with Gasteiger partial charge in [0.25, 0.3) is 5.91 Å². The van der Waals surface area contributed by atoms with E-state index in [4.69, 9.17) is 28.9 Å². The minimum absolute atomic E-state index is 0.239. The highest BCUT2D eigenvalue weighted by molar-refractivity contribution is 7.98. The van der Waals surface area contributed by atoms with Crippen LogP contribution in [0.1, 0.15) is 43.6 Å². The number of carbonyl (C=O) groups excluding carboxylic acids is 1. The largest absolute Gasteiger partial charge is 0.365 e. The number of thioether (sulfide) groups is 1. The number of anilines is 1. The lowest BCUT2D eigenvalue weighted by Crippen LogP contribution is -2.18. The highest BCUT2D eigenvalue weighted by Gasteiger charge is 2.19. The molecular weight excluding hydrogens is 417 g/mol. The van der Waals surface area contributed by atoms with E-state index < -0.39 is 5.91 Å². The first-order valence-corrected chi connectivity index (χ1v) is 10.9. The topological polar surface area (TPSA) is 85.3 Å². The van der Waals surface area contributed by atoms with Crippen LogP contribution < -0.4 is 11.1 Å². The summed E-state index contributed by atoms with van der Waals surface area (Å²) >= 11 is 13.5. The van der Waals surface area contributed by atoms with Crippen LogP contribution in [0.2, 0.25) is 10.0 Å². The van der Waals surface area contributed by atoms with E-state index in [9.17, 15) is 4.79 Å². The number of halogens is 2. The van der Waals surface area contributed by atoms with Gasteiger partial charge in [0, 0.05) is 29.0 Å². The second kappa shape index (κ2) is 11.8. The number of primary amides is 1. The average molecular weight is 442 g/mol. The van der Waals surface area contributed by atoms with Gasteiger partial charge in [0.15, 0.2) is 10.8 Å². The van der Waals surface area contributed by atoms with E-state index in [0.29, 0.717) is 33.2 Å². The Hall–Kier alpha value is -1.96. The molecule has 0 unspecified atom stereocenters. The third-order valence-corrected chi connectivity index (χ3v) is 4.65. The zero-order valence-electron chi connectivity index (χ0n) is 16.6. The monoisotopic (exact) mass is 441 g/mol. The number of aromatic nitrogens is 3. The van der Waals surface area contributed by atoms with Crippen molar-refractivity contribution >= 4 is 52.3 Å². The van der Waals surface area contributed by atoms with Crippen LogP contribution >= 0.6 is 35.0 Å². The smallest absolute Gasteiger partial charge is 0.256 e. The molecule has 0 fully saturated rings. The minimum atomic E-state index is -0.601. The number of amides is 1. The number of hydrogen-bond donors (Lipinski definition) is 2. The average Bonchev–Trinajstić information content (AvgIpc) is 3.18. The maximum absolute atomic E-state index is 11.9. The molecule has 28 heavy (non-hydrogen) atoms.